The Hall–Kier alpha value is -1.44. The largest absolute Gasteiger partial charge is 0.480 e. The molecule has 1 atom stereocenters. The van der Waals surface area contributed by atoms with E-state index < -0.39 is 30.4 Å². The molecule has 7 nitrogen and oxygen atoms in total. The molecule has 0 saturated carbocycles. The lowest BCUT2D eigenvalue weighted by atomic mass is 10.2. The topological polar surface area (TPSA) is 122 Å². The summed E-state index contributed by atoms with van der Waals surface area (Å²) < 4.78 is -0.153. The Balaban J connectivity index is 4.27. The summed E-state index contributed by atoms with van der Waals surface area (Å²) in [5, 5.41) is 13.5. The third kappa shape index (κ3) is 7.00. The van der Waals surface area contributed by atoms with E-state index in [0.717, 1.165) is 0 Å². The molecule has 0 aliphatic rings. The second kappa shape index (κ2) is 7.10. The van der Waals surface area contributed by atoms with Gasteiger partial charge >= 0.3 is 12.0 Å². The van der Waals surface area contributed by atoms with Crippen LogP contribution in [0.5, 0.6) is 0 Å². The lowest BCUT2D eigenvalue weighted by molar-refractivity contribution is -0.140. The number of carboxylic acid groups (broad SMARTS) is 1. The molecule has 5 N–H and O–H groups in total. The fourth-order valence-electron chi connectivity index (χ4n) is 0.976. The van der Waals surface area contributed by atoms with Crippen LogP contribution in [0.15, 0.2) is 0 Å². The van der Waals surface area contributed by atoms with Crippen LogP contribution in [-0.2, 0) is 9.59 Å². The molecule has 0 radical (unpaired) electrons. The third-order valence-electron chi connectivity index (χ3n) is 2.24. The Morgan fingerprint density at radius 3 is 2.33 bits per heavy atom. The van der Waals surface area contributed by atoms with Gasteiger partial charge in [0.2, 0.25) is 5.91 Å². The number of nitrogens with one attached hydrogen (secondary N) is 2. The molecule has 0 aliphatic carbocycles. The number of hydrogen-bond acceptors (Lipinski definition) is 4. The van der Waals surface area contributed by atoms with E-state index in [1.807, 2.05) is 20.1 Å². The monoisotopic (exact) mass is 277 g/mol. The summed E-state index contributed by atoms with van der Waals surface area (Å²) in [6, 6.07) is -1.94. The van der Waals surface area contributed by atoms with Gasteiger partial charge in [0.25, 0.3) is 0 Å². The van der Waals surface area contributed by atoms with Gasteiger partial charge in [-0.25, -0.2) is 9.59 Å². The summed E-state index contributed by atoms with van der Waals surface area (Å²) in [4.78, 5) is 32.9. The molecule has 18 heavy (non-hydrogen) atoms. The molecular formula is C10H19N3O4S. The van der Waals surface area contributed by atoms with Crippen molar-refractivity contribution in [2.75, 3.05) is 12.8 Å². The molecule has 0 rings (SSSR count). The van der Waals surface area contributed by atoms with E-state index in [9.17, 15) is 14.4 Å². The number of nitrogens with two attached hydrogens (primary N) is 1. The molecule has 0 heterocycles. The zero-order valence-corrected chi connectivity index (χ0v) is 11.5. The second-order valence-corrected chi connectivity index (χ2v) is 5.87. The fraction of sp³-hybridized carbons (Fsp3) is 0.700. The van der Waals surface area contributed by atoms with Crippen LogP contribution in [0.25, 0.3) is 0 Å². The van der Waals surface area contributed by atoms with E-state index in [1.165, 1.54) is 0 Å². The van der Waals surface area contributed by atoms with E-state index in [1.54, 1.807) is 11.8 Å². The van der Waals surface area contributed by atoms with Gasteiger partial charge in [-0.15, -0.1) is 0 Å². The standard InChI is InChI=1S/C10H19N3O4S/c1-10(2,18-3)5-12-9(17)13-6(8(15)16)4-7(11)14/h6H,4-5H2,1-3H3,(H2,11,14)(H,15,16)(H2,12,13,17)/t6-/m0/s1. The molecule has 0 unspecified atom stereocenters. The minimum Gasteiger partial charge on any atom is -0.480 e. The molecule has 104 valence electrons. The van der Waals surface area contributed by atoms with E-state index in [-0.39, 0.29) is 4.75 Å². The van der Waals surface area contributed by atoms with Crippen LogP contribution in [0.1, 0.15) is 20.3 Å². The van der Waals surface area contributed by atoms with Crippen LogP contribution in [-0.4, -0.2) is 46.6 Å². The molecule has 0 spiro atoms. The van der Waals surface area contributed by atoms with Crippen LogP contribution in [0.3, 0.4) is 0 Å². The molecule has 3 amide bonds. The predicted octanol–water partition coefficient (Wildman–Crippen LogP) is -0.244. The number of thioether (sulfide) groups is 1. The number of amides is 3. The van der Waals surface area contributed by atoms with Crippen molar-refractivity contribution in [2.45, 2.75) is 31.1 Å². The first kappa shape index (κ1) is 16.6. The number of aliphatic carboxylic acids is 1. The van der Waals surface area contributed by atoms with Gasteiger partial charge in [0.05, 0.1) is 6.42 Å². The van der Waals surface area contributed by atoms with Gasteiger partial charge in [-0.05, 0) is 20.1 Å². The minimum atomic E-state index is -1.31. The van der Waals surface area contributed by atoms with Gasteiger partial charge in [0.15, 0.2) is 0 Å². The molecule has 0 aromatic rings. The summed E-state index contributed by atoms with van der Waals surface area (Å²) in [5.41, 5.74) is 4.89. The Morgan fingerprint density at radius 2 is 1.94 bits per heavy atom. The van der Waals surface area contributed by atoms with Gasteiger partial charge in [-0.2, -0.15) is 11.8 Å². The molecule has 0 aromatic heterocycles. The normalized spacial score (nSPS) is 12.6. The summed E-state index contributed by atoms with van der Waals surface area (Å²) in [5.74, 6) is -2.08. The van der Waals surface area contributed by atoms with Gasteiger partial charge in [-0.1, -0.05) is 0 Å². The fourth-order valence-corrected chi connectivity index (χ4v) is 1.19. The lowest BCUT2D eigenvalue weighted by Gasteiger charge is -2.23. The first-order valence-electron chi connectivity index (χ1n) is 5.28. The van der Waals surface area contributed by atoms with Gasteiger partial charge in [-0.3, -0.25) is 4.79 Å². The average molecular weight is 277 g/mol. The molecule has 0 aromatic carbocycles. The van der Waals surface area contributed by atoms with E-state index in [2.05, 4.69) is 10.6 Å². The lowest BCUT2D eigenvalue weighted by Crippen LogP contribution is -2.49. The number of rotatable bonds is 7. The highest BCUT2D eigenvalue weighted by Gasteiger charge is 2.23. The van der Waals surface area contributed by atoms with Crippen molar-refractivity contribution in [1.29, 1.82) is 0 Å². The van der Waals surface area contributed by atoms with Crippen molar-refractivity contribution in [3.8, 4) is 0 Å². The maximum atomic E-state index is 11.5. The van der Waals surface area contributed by atoms with E-state index in [0.29, 0.717) is 6.54 Å². The zero-order chi connectivity index (χ0) is 14.3. The van der Waals surface area contributed by atoms with Gasteiger partial charge < -0.3 is 21.5 Å². The number of hydrogen-bond donors (Lipinski definition) is 4. The van der Waals surface area contributed by atoms with Crippen molar-refractivity contribution < 1.29 is 19.5 Å². The molecule has 0 fully saturated rings. The van der Waals surface area contributed by atoms with Crippen LogP contribution in [0, 0.1) is 0 Å². The van der Waals surface area contributed by atoms with Crippen LogP contribution in [0.4, 0.5) is 4.79 Å². The molecule has 0 bridgehead atoms. The van der Waals surface area contributed by atoms with Crippen molar-refractivity contribution in [2.24, 2.45) is 5.73 Å². The number of carboxylic acids is 1. The summed E-state index contributed by atoms with van der Waals surface area (Å²) in [6.45, 7) is 4.26. The maximum absolute atomic E-state index is 11.5. The van der Waals surface area contributed by atoms with Crippen molar-refractivity contribution in [3.63, 3.8) is 0 Å². The number of carbonyl (C=O) groups is 3. The number of carbonyl (C=O) groups excluding carboxylic acids is 2. The molecule has 0 aliphatic heterocycles. The predicted molar refractivity (Wildman–Crippen MR) is 69.4 cm³/mol. The van der Waals surface area contributed by atoms with Crippen molar-refractivity contribution in [1.82, 2.24) is 10.6 Å². The smallest absolute Gasteiger partial charge is 0.326 e. The summed E-state index contributed by atoms with van der Waals surface area (Å²) in [6.07, 6.45) is 1.47. The second-order valence-electron chi connectivity index (χ2n) is 4.35. The quantitative estimate of drug-likeness (QED) is 0.511. The highest BCUT2D eigenvalue weighted by atomic mass is 32.2. The third-order valence-corrected chi connectivity index (χ3v) is 3.49. The van der Waals surface area contributed by atoms with E-state index >= 15 is 0 Å². The van der Waals surface area contributed by atoms with Crippen LogP contribution in [0.2, 0.25) is 0 Å². The first-order chi connectivity index (χ1) is 8.18. The van der Waals surface area contributed by atoms with Crippen LogP contribution < -0.4 is 16.4 Å². The Labute approximate surface area is 110 Å². The van der Waals surface area contributed by atoms with Crippen molar-refractivity contribution >= 4 is 29.7 Å². The maximum Gasteiger partial charge on any atom is 0.326 e. The first-order valence-corrected chi connectivity index (χ1v) is 6.51. The highest BCUT2D eigenvalue weighted by molar-refractivity contribution is 7.99. The van der Waals surface area contributed by atoms with Crippen LogP contribution >= 0.6 is 11.8 Å². The SMILES string of the molecule is CSC(C)(C)CNC(=O)N[C@@H](CC(N)=O)C(=O)O. The van der Waals surface area contributed by atoms with Crippen molar-refractivity contribution in [3.05, 3.63) is 0 Å². The Morgan fingerprint density at radius 1 is 1.39 bits per heavy atom. The molecule has 0 saturated heterocycles. The summed E-state index contributed by atoms with van der Waals surface area (Å²) >= 11 is 1.57. The Bertz CT molecular complexity index is 333. The average Bonchev–Trinajstić information content (AvgIpc) is 2.25. The highest BCUT2D eigenvalue weighted by Crippen LogP contribution is 2.19. The Kier molecular flexibility index (Phi) is 6.53. The van der Waals surface area contributed by atoms with Gasteiger partial charge in [0, 0.05) is 11.3 Å². The number of urea groups is 1. The minimum absolute atomic E-state index is 0.153. The van der Waals surface area contributed by atoms with E-state index in [4.69, 9.17) is 10.8 Å². The molecular weight excluding hydrogens is 258 g/mol. The zero-order valence-electron chi connectivity index (χ0n) is 10.6. The summed E-state index contributed by atoms with van der Waals surface area (Å²) in [7, 11) is 0. The number of primary amides is 1. The molecule has 8 heteroatoms. The van der Waals surface area contributed by atoms with Gasteiger partial charge in [0.1, 0.15) is 6.04 Å².